The average molecular weight is 492 g/mol. The number of carbonyl (C=O) groups is 6. The number of likely N-dealkylation sites (tertiary alicyclic amines) is 1. The van der Waals surface area contributed by atoms with E-state index in [0.717, 1.165) is 10.5 Å². The fraction of sp³-hybridized carbons (Fsp3) is 0.455. The summed E-state index contributed by atoms with van der Waals surface area (Å²) in [6.45, 7) is 0.0651. The van der Waals surface area contributed by atoms with Crippen molar-refractivity contribution in [1.82, 2.24) is 15.5 Å². The van der Waals surface area contributed by atoms with Gasteiger partial charge in [-0.05, 0) is 24.8 Å². The summed E-state index contributed by atoms with van der Waals surface area (Å²) in [4.78, 5) is 72.9. The summed E-state index contributed by atoms with van der Waals surface area (Å²) in [5.41, 5.74) is 6.69. The maximum Gasteiger partial charge on any atom is 0.326 e. The number of carboxylic acids is 3. The van der Waals surface area contributed by atoms with Crippen LogP contribution in [-0.2, 0) is 35.2 Å². The fourth-order valence-electron chi connectivity index (χ4n) is 3.76. The van der Waals surface area contributed by atoms with Crippen LogP contribution < -0.4 is 16.4 Å². The van der Waals surface area contributed by atoms with Crippen molar-refractivity contribution >= 4 is 35.6 Å². The van der Waals surface area contributed by atoms with Gasteiger partial charge in [-0.3, -0.25) is 24.0 Å². The Hall–Kier alpha value is -4.00. The maximum atomic E-state index is 13.1. The van der Waals surface area contributed by atoms with Crippen molar-refractivity contribution in [2.45, 2.75) is 56.3 Å². The van der Waals surface area contributed by atoms with Crippen LogP contribution in [0.1, 0.15) is 31.2 Å². The molecule has 7 N–H and O–H groups in total. The lowest BCUT2D eigenvalue weighted by Gasteiger charge is -2.29. The molecule has 1 saturated heterocycles. The molecule has 0 spiro atoms. The molecule has 35 heavy (non-hydrogen) atoms. The average Bonchev–Trinajstić information content (AvgIpc) is 3.27. The third kappa shape index (κ3) is 8.07. The van der Waals surface area contributed by atoms with E-state index in [-0.39, 0.29) is 19.4 Å². The van der Waals surface area contributed by atoms with Crippen LogP contribution in [0, 0.1) is 0 Å². The van der Waals surface area contributed by atoms with Gasteiger partial charge in [-0.1, -0.05) is 30.3 Å². The first kappa shape index (κ1) is 27.2. The van der Waals surface area contributed by atoms with Gasteiger partial charge in [0.25, 0.3) is 0 Å². The zero-order valence-corrected chi connectivity index (χ0v) is 18.8. The standard InChI is InChI=1S/C22H28N4O9/c23-13(9-12-5-2-1-3-6-12)19(31)24-14(10-17(27)28)21(33)26-8-4-7-16(26)20(32)25-15(22(34)35)11-18(29)30/h1-3,5-6,13-16H,4,7-11,23H2,(H,24,31)(H,25,32)(H,27,28)(H,29,30)(H,34,35). The van der Waals surface area contributed by atoms with Crippen molar-refractivity contribution in [3.8, 4) is 0 Å². The monoisotopic (exact) mass is 492 g/mol. The van der Waals surface area contributed by atoms with Crippen LogP contribution in [0.2, 0.25) is 0 Å². The molecule has 0 aliphatic carbocycles. The Morgan fingerprint density at radius 3 is 2.11 bits per heavy atom. The number of aliphatic carboxylic acids is 3. The van der Waals surface area contributed by atoms with Crippen molar-refractivity contribution in [1.29, 1.82) is 0 Å². The van der Waals surface area contributed by atoms with E-state index in [1.54, 1.807) is 30.3 Å². The predicted molar refractivity (Wildman–Crippen MR) is 119 cm³/mol. The first-order valence-corrected chi connectivity index (χ1v) is 10.9. The number of carboxylic acid groups (broad SMARTS) is 3. The molecule has 4 unspecified atom stereocenters. The number of nitrogens with zero attached hydrogens (tertiary/aromatic N) is 1. The molecular weight excluding hydrogens is 464 g/mol. The first-order valence-electron chi connectivity index (χ1n) is 10.9. The molecule has 1 fully saturated rings. The van der Waals surface area contributed by atoms with Crippen molar-refractivity contribution in [2.24, 2.45) is 5.73 Å². The Labute approximate surface area is 200 Å². The SMILES string of the molecule is NC(Cc1ccccc1)C(=O)NC(CC(=O)O)C(=O)N1CCCC1C(=O)NC(CC(=O)O)C(=O)O. The summed E-state index contributed by atoms with van der Waals surface area (Å²) in [6.07, 6.45) is -0.960. The minimum Gasteiger partial charge on any atom is -0.481 e. The highest BCUT2D eigenvalue weighted by molar-refractivity contribution is 5.96. The van der Waals surface area contributed by atoms with Crippen LogP contribution in [-0.4, -0.2) is 86.6 Å². The van der Waals surface area contributed by atoms with Crippen LogP contribution >= 0.6 is 0 Å². The van der Waals surface area contributed by atoms with Crippen molar-refractivity contribution in [2.75, 3.05) is 6.54 Å². The van der Waals surface area contributed by atoms with E-state index < -0.39 is 72.6 Å². The van der Waals surface area contributed by atoms with Crippen molar-refractivity contribution in [3.05, 3.63) is 35.9 Å². The largest absolute Gasteiger partial charge is 0.481 e. The van der Waals surface area contributed by atoms with Gasteiger partial charge in [-0.25, -0.2) is 4.79 Å². The summed E-state index contributed by atoms with van der Waals surface area (Å²) < 4.78 is 0. The molecular formula is C22H28N4O9. The second-order valence-electron chi connectivity index (χ2n) is 8.14. The van der Waals surface area contributed by atoms with E-state index in [1.165, 1.54) is 0 Å². The van der Waals surface area contributed by atoms with E-state index >= 15 is 0 Å². The summed E-state index contributed by atoms with van der Waals surface area (Å²) in [7, 11) is 0. The molecule has 1 aromatic carbocycles. The second kappa shape index (κ2) is 12.5. The van der Waals surface area contributed by atoms with E-state index in [0.29, 0.717) is 6.42 Å². The number of rotatable bonds is 12. The minimum absolute atomic E-state index is 0.0651. The highest BCUT2D eigenvalue weighted by Gasteiger charge is 2.40. The molecule has 0 saturated carbocycles. The Morgan fingerprint density at radius 2 is 1.54 bits per heavy atom. The van der Waals surface area contributed by atoms with Crippen LogP contribution in [0.5, 0.6) is 0 Å². The Bertz CT molecular complexity index is 969. The normalized spacial score (nSPS) is 17.6. The zero-order valence-electron chi connectivity index (χ0n) is 18.8. The minimum atomic E-state index is -1.71. The third-order valence-electron chi connectivity index (χ3n) is 5.46. The second-order valence-corrected chi connectivity index (χ2v) is 8.14. The number of hydrogen-bond acceptors (Lipinski definition) is 7. The maximum absolute atomic E-state index is 13.1. The van der Waals surface area contributed by atoms with Crippen molar-refractivity contribution in [3.63, 3.8) is 0 Å². The molecule has 190 valence electrons. The van der Waals surface area contributed by atoms with E-state index in [2.05, 4.69) is 10.6 Å². The molecule has 13 heteroatoms. The molecule has 1 aromatic rings. The number of amides is 3. The number of nitrogens with two attached hydrogens (primary N) is 1. The van der Waals surface area contributed by atoms with Gasteiger partial charge in [0.1, 0.15) is 18.1 Å². The van der Waals surface area contributed by atoms with Crippen LogP contribution in [0.25, 0.3) is 0 Å². The molecule has 13 nitrogen and oxygen atoms in total. The zero-order chi connectivity index (χ0) is 26.1. The quantitative estimate of drug-likeness (QED) is 0.199. The molecule has 1 aliphatic rings. The van der Waals surface area contributed by atoms with Crippen LogP contribution in [0.4, 0.5) is 0 Å². The molecule has 4 atom stereocenters. The van der Waals surface area contributed by atoms with Crippen LogP contribution in [0.3, 0.4) is 0 Å². The fourth-order valence-corrected chi connectivity index (χ4v) is 3.76. The van der Waals surface area contributed by atoms with Gasteiger partial charge >= 0.3 is 17.9 Å². The third-order valence-corrected chi connectivity index (χ3v) is 5.46. The topological polar surface area (TPSA) is 216 Å². The van der Waals surface area contributed by atoms with Crippen LogP contribution in [0.15, 0.2) is 30.3 Å². The van der Waals surface area contributed by atoms with Crippen molar-refractivity contribution < 1.29 is 44.1 Å². The van der Waals surface area contributed by atoms with Gasteiger partial charge in [-0.2, -0.15) is 0 Å². The number of benzene rings is 1. The highest BCUT2D eigenvalue weighted by Crippen LogP contribution is 2.20. The van der Waals surface area contributed by atoms with Gasteiger partial charge < -0.3 is 36.6 Å². The Kier molecular flexibility index (Phi) is 9.70. The summed E-state index contributed by atoms with van der Waals surface area (Å²) in [5, 5.41) is 31.7. The van der Waals surface area contributed by atoms with Gasteiger partial charge in [-0.15, -0.1) is 0 Å². The van der Waals surface area contributed by atoms with Gasteiger partial charge in [0.05, 0.1) is 18.9 Å². The molecule has 0 bridgehead atoms. The number of nitrogens with one attached hydrogen (secondary N) is 2. The molecule has 1 heterocycles. The Morgan fingerprint density at radius 1 is 0.943 bits per heavy atom. The molecule has 3 amide bonds. The summed E-state index contributed by atoms with van der Waals surface area (Å²) >= 11 is 0. The lowest BCUT2D eigenvalue weighted by molar-refractivity contribution is -0.149. The predicted octanol–water partition coefficient (Wildman–Crippen LogP) is -1.45. The van der Waals surface area contributed by atoms with Gasteiger partial charge in [0, 0.05) is 6.54 Å². The summed E-state index contributed by atoms with van der Waals surface area (Å²) in [5.74, 6) is -6.83. The summed E-state index contributed by atoms with van der Waals surface area (Å²) in [6, 6.07) is 3.41. The smallest absolute Gasteiger partial charge is 0.326 e. The van der Waals surface area contributed by atoms with Gasteiger partial charge in [0.2, 0.25) is 17.7 Å². The lowest BCUT2D eigenvalue weighted by atomic mass is 10.0. The number of hydrogen-bond donors (Lipinski definition) is 6. The lowest BCUT2D eigenvalue weighted by Crippen LogP contribution is -2.57. The first-order chi connectivity index (χ1) is 16.5. The van der Waals surface area contributed by atoms with Gasteiger partial charge in [0.15, 0.2) is 0 Å². The number of carbonyl (C=O) groups excluding carboxylic acids is 3. The highest BCUT2D eigenvalue weighted by atomic mass is 16.4. The molecule has 0 radical (unpaired) electrons. The Balaban J connectivity index is 2.11. The van der Waals surface area contributed by atoms with E-state index in [9.17, 15) is 33.9 Å². The molecule has 2 rings (SSSR count). The van der Waals surface area contributed by atoms with E-state index in [4.69, 9.17) is 15.9 Å². The molecule has 0 aromatic heterocycles. The van der Waals surface area contributed by atoms with E-state index in [1.807, 2.05) is 0 Å². The molecule has 1 aliphatic heterocycles.